The molecule has 3 aromatic carbocycles. The molecule has 0 unspecified atom stereocenters. The molecule has 1 saturated heterocycles. The Hall–Kier alpha value is -3.23. The highest BCUT2D eigenvalue weighted by Gasteiger charge is 2.44. The van der Waals surface area contributed by atoms with Crippen LogP contribution in [-0.2, 0) is 10.0 Å². The normalized spacial score (nSPS) is 19.8. The molecule has 0 radical (unpaired) electrons. The summed E-state index contributed by atoms with van der Waals surface area (Å²) in [6.07, 6.45) is 0.837. The predicted molar refractivity (Wildman–Crippen MR) is 135 cm³/mol. The Labute approximate surface area is 205 Å². The monoisotopic (exact) mass is 493 g/mol. The third kappa shape index (κ3) is 4.21. The second-order valence-corrected chi connectivity index (χ2v) is 11.2. The number of para-hydroxylation sites is 1. The van der Waals surface area contributed by atoms with Gasteiger partial charge in [0, 0.05) is 24.2 Å². The highest BCUT2D eigenvalue weighted by Crippen LogP contribution is 2.46. The van der Waals surface area contributed by atoms with Crippen LogP contribution in [0.3, 0.4) is 0 Å². The molecule has 0 aliphatic carbocycles. The molecular weight excluding hydrogens is 465 g/mol. The SMILES string of the molecule is Cc1ccc2c(c1)[C@@H]1CN(C)CC[C@@H]1N2C(=O)c1ccccc1NS(=O)(=O)c1ccc(F)cc1C. The van der Waals surface area contributed by atoms with E-state index in [4.69, 9.17) is 0 Å². The fourth-order valence-electron chi connectivity index (χ4n) is 5.35. The Morgan fingerprint density at radius 3 is 2.60 bits per heavy atom. The van der Waals surface area contributed by atoms with E-state index in [2.05, 4.69) is 22.7 Å². The van der Waals surface area contributed by atoms with Crippen molar-refractivity contribution in [3.05, 3.63) is 88.7 Å². The van der Waals surface area contributed by atoms with Crippen molar-refractivity contribution in [2.24, 2.45) is 0 Å². The van der Waals surface area contributed by atoms with E-state index in [0.29, 0.717) is 5.56 Å². The van der Waals surface area contributed by atoms with E-state index >= 15 is 0 Å². The number of amides is 1. The zero-order valence-electron chi connectivity index (χ0n) is 20.0. The van der Waals surface area contributed by atoms with E-state index in [1.165, 1.54) is 19.1 Å². The molecule has 3 aromatic rings. The molecule has 2 aliphatic heterocycles. The van der Waals surface area contributed by atoms with Crippen LogP contribution in [0.1, 0.15) is 39.4 Å². The first-order valence-electron chi connectivity index (χ1n) is 11.7. The maximum absolute atomic E-state index is 14.0. The lowest BCUT2D eigenvalue weighted by atomic mass is 9.88. The molecule has 1 fully saturated rings. The fourth-order valence-corrected chi connectivity index (χ4v) is 6.66. The van der Waals surface area contributed by atoms with Gasteiger partial charge in [-0.3, -0.25) is 9.52 Å². The highest BCUT2D eigenvalue weighted by atomic mass is 32.2. The molecule has 2 aliphatic rings. The maximum atomic E-state index is 14.0. The quantitative estimate of drug-likeness (QED) is 0.573. The number of fused-ring (bicyclic) bond motifs is 3. The number of carbonyl (C=O) groups is 1. The van der Waals surface area contributed by atoms with Crippen LogP contribution in [0.25, 0.3) is 0 Å². The van der Waals surface area contributed by atoms with Crippen molar-refractivity contribution in [3.8, 4) is 0 Å². The number of halogens is 1. The van der Waals surface area contributed by atoms with Crippen molar-refractivity contribution in [2.45, 2.75) is 37.1 Å². The van der Waals surface area contributed by atoms with Gasteiger partial charge in [-0.2, -0.15) is 0 Å². The van der Waals surface area contributed by atoms with Gasteiger partial charge in [0.1, 0.15) is 5.82 Å². The van der Waals surface area contributed by atoms with Crippen LogP contribution in [0.5, 0.6) is 0 Å². The lowest BCUT2D eigenvalue weighted by molar-refractivity contribution is 0.0965. The molecule has 0 aromatic heterocycles. The van der Waals surface area contributed by atoms with Crippen LogP contribution in [-0.4, -0.2) is 45.4 Å². The first kappa shape index (κ1) is 23.5. The number of carbonyl (C=O) groups excluding carboxylic acids is 1. The second-order valence-electron chi connectivity index (χ2n) is 9.52. The van der Waals surface area contributed by atoms with Crippen LogP contribution in [0.2, 0.25) is 0 Å². The van der Waals surface area contributed by atoms with Crippen molar-refractivity contribution < 1.29 is 17.6 Å². The number of sulfonamides is 1. The third-order valence-corrected chi connectivity index (χ3v) is 8.53. The molecule has 182 valence electrons. The number of benzene rings is 3. The summed E-state index contributed by atoms with van der Waals surface area (Å²) in [4.78, 5) is 18.1. The Balaban J connectivity index is 1.53. The van der Waals surface area contributed by atoms with Crippen LogP contribution < -0.4 is 9.62 Å². The van der Waals surface area contributed by atoms with Gasteiger partial charge in [0.2, 0.25) is 0 Å². The predicted octanol–water partition coefficient (Wildman–Crippen LogP) is 4.69. The molecule has 0 saturated carbocycles. The Kier molecular flexibility index (Phi) is 5.89. The van der Waals surface area contributed by atoms with E-state index in [1.54, 1.807) is 24.3 Å². The smallest absolute Gasteiger partial charge is 0.262 e. The number of likely N-dealkylation sites (N-methyl/N-ethyl adjacent to an activating group) is 1. The van der Waals surface area contributed by atoms with Crippen molar-refractivity contribution in [1.29, 1.82) is 0 Å². The van der Waals surface area contributed by atoms with Gasteiger partial charge in [-0.1, -0.05) is 29.8 Å². The molecule has 2 atom stereocenters. The molecule has 35 heavy (non-hydrogen) atoms. The summed E-state index contributed by atoms with van der Waals surface area (Å²) < 4.78 is 42.4. The number of aryl methyl sites for hydroxylation is 2. The summed E-state index contributed by atoms with van der Waals surface area (Å²) in [6, 6.07) is 16.3. The molecule has 5 rings (SSSR count). The van der Waals surface area contributed by atoms with E-state index in [-0.39, 0.29) is 34.0 Å². The summed E-state index contributed by atoms with van der Waals surface area (Å²) in [5, 5.41) is 0. The standard InChI is InChI=1S/C27H28FN3O3S/c1-17-8-10-24-21(14-17)22-16-30(3)13-12-25(22)31(24)27(32)20-6-4-5-7-23(20)29-35(33,34)26-11-9-19(28)15-18(26)2/h4-11,14-15,22,25,29H,12-13,16H2,1-3H3/t22-,25-/m0/s1. The van der Waals surface area contributed by atoms with Gasteiger partial charge in [0.05, 0.1) is 16.1 Å². The van der Waals surface area contributed by atoms with Crippen molar-refractivity contribution >= 4 is 27.3 Å². The van der Waals surface area contributed by atoms with Crippen LogP contribution >= 0.6 is 0 Å². The number of piperidine rings is 1. The first-order valence-corrected chi connectivity index (χ1v) is 13.1. The summed E-state index contributed by atoms with van der Waals surface area (Å²) in [5.74, 6) is -0.535. The Bertz CT molecular complexity index is 1420. The lowest BCUT2D eigenvalue weighted by Crippen LogP contribution is -2.47. The van der Waals surface area contributed by atoms with Gasteiger partial charge in [-0.05, 0) is 81.4 Å². The van der Waals surface area contributed by atoms with Gasteiger partial charge < -0.3 is 9.80 Å². The molecule has 8 heteroatoms. The molecule has 2 heterocycles. The topological polar surface area (TPSA) is 69.7 Å². The second kappa shape index (κ2) is 8.77. The number of rotatable bonds is 4. The van der Waals surface area contributed by atoms with Gasteiger partial charge in [-0.25, -0.2) is 12.8 Å². The van der Waals surface area contributed by atoms with Gasteiger partial charge in [0.15, 0.2) is 0 Å². The molecular formula is C27H28FN3O3S. The van der Waals surface area contributed by atoms with Gasteiger partial charge in [-0.15, -0.1) is 0 Å². The minimum atomic E-state index is -4.03. The summed E-state index contributed by atoms with van der Waals surface area (Å²) in [6.45, 7) is 5.34. The number of hydrogen-bond acceptors (Lipinski definition) is 4. The minimum Gasteiger partial charge on any atom is -0.306 e. The summed E-state index contributed by atoms with van der Waals surface area (Å²) >= 11 is 0. The lowest BCUT2D eigenvalue weighted by Gasteiger charge is -2.36. The zero-order valence-corrected chi connectivity index (χ0v) is 20.8. The first-order chi connectivity index (χ1) is 16.7. The van der Waals surface area contributed by atoms with Crippen molar-refractivity contribution in [2.75, 3.05) is 29.8 Å². The average Bonchev–Trinajstić information content (AvgIpc) is 3.11. The molecule has 1 amide bonds. The van der Waals surface area contributed by atoms with E-state index < -0.39 is 15.8 Å². The average molecular weight is 494 g/mol. The highest BCUT2D eigenvalue weighted by molar-refractivity contribution is 7.92. The number of hydrogen-bond donors (Lipinski definition) is 1. The number of nitrogens with one attached hydrogen (secondary N) is 1. The number of anilines is 2. The van der Waals surface area contributed by atoms with Crippen LogP contribution in [0, 0.1) is 19.7 Å². The Morgan fingerprint density at radius 1 is 1.06 bits per heavy atom. The molecule has 6 nitrogen and oxygen atoms in total. The van der Waals surface area contributed by atoms with Gasteiger partial charge in [0.25, 0.3) is 15.9 Å². The molecule has 0 spiro atoms. The van der Waals surface area contributed by atoms with Crippen molar-refractivity contribution in [3.63, 3.8) is 0 Å². The van der Waals surface area contributed by atoms with E-state index in [9.17, 15) is 17.6 Å². The fraction of sp³-hybridized carbons (Fsp3) is 0.296. The maximum Gasteiger partial charge on any atom is 0.262 e. The summed E-state index contributed by atoms with van der Waals surface area (Å²) in [7, 11) is -1.94. The van der Waals surface area contributed by atoms with Gasteiger partial charge >= 0.3 is 0 Å². The van der Waals surface area contributed by atoms with Crippen LogP contribution in [0.15, 0.2) is 65.6 Å². The van der Waals surface area contributed by atoms with Crippen molar-refractivity contribution in [1.82, 2.24) is 4.90 Å². The Morgan fingerprint density at radius 2 is 1.83 bits per heavy atom. The van der Waals surface area contributed by atoms with E-state index in [0.717, 1.165) is 42.4 Å². The molecule has 1 N–H and O–H groups in total. The minimum absolute atomic E-state index is 0.0134. The summed E-state index contributed by atoms with van der Waals surface area (Å²) in [5.41, 5.74) is 3.97. The van der Waals surface area contributed by atoms with E-state index in [1.807, 2.05) is 24.0 Å². The number of nitrogens with zero attached hydrogens (tertiary/aromatic N) is 2. The number of likely N-dealkylation sites (tertiary alicyclic amines) is 1. The molecule has 0 bridgehead atoms. The van der Waals surface area contributed by atoms with Crippen LogP contribution in [0.4, 0.5) is 15.8 Å². The zero-order chi connectivity index (χ0) is 24.9. The third-order valence-electron chi connectivity index (χ3n) is 7.00. The largest absolute Gasteiger partial charge is 0.306 e.